The van der Waals surface area contributed by atoms with Crippen molar-refractivity contribution >= 4 is 17.3 Å². The Hall–Kier alpha value is -2.14. The summed E-state index contributed by atoms with van der Waals surface area (Å²) in [6.45, 7) is 1.92. The third-order valence-electron chi connectivity index (χ3n) is 2.62. The number of hydrogen-bond donors (Lipinski definition) is 0. The Kier molecular flexibility index (Phi) is 3.66. The van der Waals surface area contributed by atoms with E-state index in [-0.39, 0.29) is 10.8 Å². The summed E-state index contributed by atoms with van der Waals surface area (Å²) in [5, 5.41) is 10.9. The number of rotatable bonds is 3. The zero-order valence-electron chi connectivity index (χ0n) is 10.4. The SMILES string of the molecule is COc1ccc(C)cc1-c1cc([N+](=O)[O-])cc(Cl)n1. The Morgan fingerprint density at radius 2 is 2.05 bits per heavy atom. The average molecular weight is 279 g/mol. The zero-order valence-corrected chi connectivity index (χ0v) is 11.1. The van der Waals surface area contributed by atoms with Crippen molar-refractivity contribution in [3.63, 3.8) is 0 Å². The van der Waals surface area contributed by atoms with Crippen LogP contribution in [0.15, 0.2) is 30.3 Å². The Bertz CT molecular complexity index is 644. The Morgan fingerprint density at radius 3 is 2.68 bits per heavy atom. The molecule has 1 heterocycles. The van der Waals surface area contributed by atoms with Gasteiger partial charge in [-0.3, -0.25) is 10.1 Å². The summed E-state index contributed by atoms with van der Waals surface area (Å²) in [6.07, 6.45) is 0. The van der Waals surface area contributed by atoms with E-state index in [0.717, 1.165) is 5.56 Å². The van der Waals surface area contributed by atoms with Gasteiger partial charge in [-0.2, -0.15) is 0 Å². The van der Waals surface area contributed by atoms with Crippen LogP contribution in [0.3, 0.4) is 0 Å². The highest BCUT2D eigenvalue weighted by atomic mass is 35.5. The lowest BCUT2D eigenvalue weighted by molar-refractivity contribution is -0.384. The van der Waals surface area contributed by atoms with Crippen molar-refractivity contribution in [2.45, 2.75) is 6.92 Å². The molecule has 0 spiro atoms. The molecule has 0 radical (unpaired) electrons. The predicted octanol–water partition coefficient (Wildman–Crippen LogP) is 3.63. The van der Waals surface area contributed by atoms with Crippen LogP contribution in [0.1, 0.15) is 5.56 Å². The number of aryl methyl sites for hydroxylation is 1. The summed E-state index contributed by atoms with van der Waals surface area (Å²) in [5.74, 6) is 0.592. The van der Waals surface area contributed by atoms with Crippen molar-refractivity contribution in [1.29, 1.82) is 0 Å². The van der Waals surface area contributed by atoms with Gasteiger partial charge in [-0.25, -0.2) is 4.98 Å². The van der Waals surface area contributed by atoms with Gasteiger partial charge in [0.15, 0.2) is 0 Å². The van der Waals surface area contributed by atoms with Crippen LogP contribution in [0, 0.1) is 17.0 Å². The van der Waals surface area contributed by atoms with Gasteiger partial charge in [-0.1, -0.05) is 23.2 Å². The maximum absolute atomic E-state index is 10.8. The first-order valence-corrected chi connectivity index (χ1v) is 5.86. The molecule has 2 rings (SSSR count). The summed E-state index contributed by atoms with van der Waals surface area (Å²) in [5.41, 5.74) is 1.99. The summed E-state index contributed by atoms with van der Waals surface area (Å²) in [4.78, 5) is 14.5. The molecule has 0 saturated carbocycles. The van der Waals surface area contributed by atoms with Crippen molar-refractivity contribution in [3.8, 4) is 17.0 Å². The van der Waals surface area contributed by atoms with Crippen LogP contribution in [-0.2, 0) is 0 Å². The lowest BCUT2D eigenvalue weighted by Gasteiger charge is -2.09. The second-order valence-corrected chi connectivity index (χ2v) is 4.38. The molecule has 0 unspecified atom stereocenters. The zero-order chi connectivity index (χ0) is 14.0. The van der Waals surface area contributed by atoms with Gasteiger partial charge < -0.3 is 4.74 Å². The Morgan fingerprint density at radius 1 is 1.32 bits per heavy atom. The Balaban J connectivity index is 2.64. The molecule has 0 aliphatic rings. The minimum absolute atomic E-state index is 0.0766. The number of pyridine rings is 1. The molecule has 19 heavy (non-hydrogen) atoms. The fourth-order valence-electron chi connectivity index (χ4n) is 1.75. The minimum atomic E-state index is -0.501. The third kappa shape index (κ3) is 2.82. The molecule has 0 fully saturated rings. The number of nitrogens with zero attached hydrogens (tertiary/aromatic N) is 2. The van der Waals surface area contributed by atoms with Crippen LogP contribution >= 0.6 is 11.6 Å². The largest absolute Gasteiger partial charge is 0.496 e. The van der Waals surface area contributed by atoms with Crippen LogP contribution in [0.2, 0.25) is 5.15 Å². The minimum Gasteiger partial charge on any atom is -0.496 e. The van der Waals surface area contributed by atoms with Crippen LogP contribution in [0.4, 0.5) is 5.69 Å². The first-order valence-electron chi connectivity index (χ1n) is 5.48. The molecule has 0 aliphatic carbocycles. The fourth-order valence-corrected chi connectivity index (χ4v) is 1.95. The average Bonchev–Trinajstić information content (AvgIpc) is 2.37. The van der Waals surface area contributed by atoms with E-state index in [9.17, 15) is 10.1 Å². The topological polar surface area (TPSA) is 65.3 Å². The van der Waals surface area contributed by atoms with Crippen molar-refractivity contribution < 1.29 is 9.66 Å². The summed E-state index contributed by atoms with van der Waals surface area (Å²) in [7, 11) is 1.53. The highest BCUT2D eigenvalue weighted by molar-refractivity contribution is 6.29. The molecular weight excluding hydrogens is 268 g/mol. The number of methoxy groups -OCH3 is 1. The van der Waals surface area contributed by atoms with Crippen LogP contribution in [-0.4, -0.2) is 17.0 Å². The van der Waals surface area contributed by atoms with Gasteiger partial charge >= 0.3 is 0 Å². The van der Waals surface area contributed by atoms with Crippen molar-refractivity contribution in [1.82, 2.24) is 4.98 Å². The number of halogens is 1. The monoisotopic (exact) mass is 278 g/mol. The van der Waals surface area contributed by atoms with E-state index >= 15 is 0 Å². The second-order valence-electron chi connectivity index (χ2n) is 3.99. The predicted molar refractivity (Wildman–Crippen MR) is 72.6 cm³/mol. The highest BCUT2D eigenvalue weighted by Gasteiger charge is 2.14. The number of hydrogen-bond acceptors (Lipinski definition) is 4. The van der Waals surface area contributed by atoms with Crippen LogP contribution in [0.5, 0.6) is 5.75 Å². The third-order valence-corrected chi connectivity index (χ3v) is 2.81. The number of ether oxygens (including phenoxy) is 1. The van der Waals surface area contributed by atoms with Gasteiger partial charge in [0.25, 0.3) is 5.69 Å². The summed E-state index contributed by atoms with van der Waals surface area (Å²) < 4.78 is 5.24. The Labute approximate surface area is 115 Å². The lowest BCUT2D eigenvalue weighted by atomic mass is 10.1. The normalized spacial score (nSPS) is 10.3. The molecule has 0 aliphatic heterocycles. The molecule has 1 aromatic carbocycles. The van der Waals surface area contributed by atoms with E-state index in [0.29, 0.717) is 17.0 Å². The van der Waals surface area contributed by atoms with E-state index in [1.165, 1.54) is 19.2 Å². The van der Waals surface area contributed by atoms with Gasteiger partial charge in [-0.05, 0) is 19.1 Å². The van der Waals surface area contributed by atoms with Crippen molar-refractivity contribution in [3.05, 3.63) is 51.2 Å². The first-order chi connectivity index (χ1) is 9.01. The molecule has 98 valence electrons. The molecular formula is C13H11ClN2O3. The van der Waals surface area contributed by atoms with Gasteiger partial charge in [0, 0.05) is 11.6 Å². The molecule has 6 heteroatoms. The lowest BCUT2D eigenvalue weighted by Crippen LogP contribution is -1.94. The molecule has 0 amide bonds. The van der Waals surface area contributed by atoms with Crippen molar-refractivity contribution in [2.24, 2.45) is 0 Å². The maximum atomic E-state index is 10.8. The number of nitro groups is 1. The van der Waals surface area contributed by atoms with E-state index in [1.807, 2.05) is 19.1 Å². The van der Waals surface area contributed by atoms with Gasteiger partial charge in [-0.15, -0.1) is 0 Å². The second kappa shape index (κ2) is 5.24. The number of aromatic nitrogens is 1. The van der Waals surface area contributed by atoms with E-state index < -0.39 is 4.92 Å². The summed E-state index contributed by atoms with van der Waals surface area (Å²) in [6, 6.07) is 8.12. The van der Waals surface area contributed by atoms with Gasteiger partial charge in [0.1, 0.15) is 10.9 Å². The van der Waals surface area contributed by atoms with Crippen LogP contribution in [0.25, 0.3) is 11.3 Å². The van der Waals surface area contributed by atoms with E-state index in [4.69, 9.17) is 16.3 Å². The molecule has 0 N–H and O–H groups in total. The summed E-state index contributed by atoms with van der Waals surface area (Å²) >= 11 is 5.82. The molecule has 0 bridgehead atoms. The van der Waals surface area contributed by atoms with E-state index in [2.05, 4.69) is 4.98 Å². The van der Waals surface area contributed by atoms with Gasteiger partial charge in [0.2, 0.25) is 0 Å². The van der Waals surface area contributed by atoms with Crippen LogP contribution < -0.4 is 4.74 Å². The molecule has 5 nitrogen and oxygen atoms in total. The fraction of sp³-hybridized carbons (Fsp3) is 0.154. The number of benzene rings is 1. The maximum Gasteiger partial charge on any atom is 0.274 e. The molecule has 2 aromatic rings. The standard InChI is InChI=1S/C13H11ClN2O3/c1-8-3-4-12(19-2)10(5-8)11-6-9(16(17)18)7-13(14)15-11/h3-7H,1-2H3. The van der Waals surface area contributed by atoms with E-state index in [1.54, 1.807) is 6.07 Å². The van der Waals surface area contributed by atoms with Crippen molar-refractivity contribution in [2.75, 3.05) is 7.11 Å². The highest BCUT2D eigenvalue weighted by Crippen LogP contribution is 2.32. The molecule has 0 atom stereocenters. The molecule has 1 aromatic heterocycles. The first kappa shape index (κ1) is 13.3. The quantitative estimate of drug-likeness (QED) is 0.488. The van der Waals surface area contributed by atoms with Gasteiger partial charge in [0.05, 0.1) is 23.8 Å². The smallest absolute Gasteiger partial charge is 0.274 e. The molecule has 0 saturated heterocycles.